The number of hydrogen-bond acceptors (Lipinski definition) is 2. The van der Waals surface area contributed by atoms with Crippen LogP contribution in [0.4, 0.5) is 0 Å². The number of piperidine rings is 1. The average molecular weight is 319 g/mol. The number of aliphatic imine (C=N–C) groups is 1. The molecule has 1 N–H and O–H groups in total. The summed E-state index contributed by atoms with van der Waals surface area (Å²) in [5.74, 6) is 2.44. The Labute approximate surface area is 141 Å². The predicted molar refractivity (Wildman–Crippen MR) is 96.7 cm³/mol. The van der Waals surface area contributed by atoms with Gasteiger partial charge in [0.05, 0.1) is 12.4 Å². The predicted octanol–water partition coefficient (Wildman–Crippen LogP) is 3.17. The number of likely N-dealkylation sites (tertiary alicyclic amines) is 1. The number of nitrogens with one attached hydrogen (secondary N) is 1. The quantitative estimate of drug-likeness (QED) is 0.647. The zero-order valence-corrected chi connectivity index (χ0v) is 15.2. The molecule has 0 spiro atoms. The molecule has 5 nitrogen and oxygen atoms in total. The van der Waals surface area contributed by atoms with Gasteiger partial charge < -0.3 is 14.8 Å². The van der Waals surface area contributed by atoms with E-state index in [1.54, 1.807) is 0 Å². The first-order valence-electron chi connectivity index (χ1n) is 9.20. The van der Waals surface area contributed by atoms with Crippen LogP contribution in [0.1, 0.15) is 53.0 Å². The van der Waals surface area contributed by atoms with Crippen molar-refractivity contribution >= 4 is 5.96 Å². The first kappa shape index (κ1) is 17.8. The van der Waals surface area contributed by atoms with E-state index in [2.05, 4.69) is 53.7 Å². The van der Waals surface area contributed by atoms with Gasteiger partial charge in [0.15, 0.2) is 5.96 Å². The Morgan fingerprint density at radius 3 is 2.74 bits per heavy atom. The second-order valence-corrected chi connectivity index (χ2v) is 6.67. The van der Waals surface area contributed by atoms with Gasteiger partial charge in [-0.15, -0.1) is 0 Å². The molecule has 5 heteroatoms. The molecule has 2 unspecified atom stereocenters. The Hall–Kier alpha value is -1.52. The third-order valence-electron chi connectivity index (χ3n) is 5.11. The van der Waals surface area contributed by atoms with Gasteiger partial charge >= 0.3 is 0 Å². The van der Waals surface area contributed by atoms with Gasteiger partial charge in [0.2, 0.25) is 0 Å². The van der Waals surface area contributed by atoms with E-state index in [-0.39, 0.29) is 0 Å². The summed E-state index contributed by atoms with van der Waals surface area (Å²) in [7, 11) is 0. The smallest absolute Gasteiger partial charge is 0.193 e. The van der Waals surface area contributed by atoms with Crippen LogP contribution >= 0.6 is 0 Å². The Morgan fingerprint density at radius 2 is 2.13 bits per heavy atom. The molecule has 0 amide bonds. The van der Waals surface area contributed by atoms with Gasteiger partial charge in [-0.25, -0.2) is 4.98 Å². The van der Waals surface area contributed by atoms with Gasteiger partial charge in [0, 0.05) is 38.6 Å². The van der Waals surface area contributed by atoms with Crippen LogP contribution in [0.15, 0.2) is 23.7 Å². The lowest BCUT2D eigenvalue weighted by Gasteiger charge is -2.39. The summed E-state index contributed by atoms with van der Waals surface area (Å²) >= 11 is 0. The van der Waals surface area contributed by atoms with Gasteiger partial charge in [0.25, 0.3) is 0 Å². The molecule has 1 aliphatic heterocycles. The molecule has 23 heavy (non-hydrogen) atoms. The van der Waals surface area contributed by atoms with Crippen LogP contribution < -0.4 is 5.32 Å². The molecular formula is C18H33N5. The molecule has 2 atom stereocenters. The van der Waals surface area contributed by atoms with Crippen LogP contribution in [0.2, 0.25) is 0 Å². The maximum atomic E-state index is 4.93. The Kier molecular flexibility index (Phi) is 6.93. The van der Waals surface area contributed by atoms with Gasteiger partial charge in [-0.2, -0.15) is 0 Å². The molecule has 0 radical (unpaired) electrons. The van der Waals surface area contributed by atoms with Crippen LogP contribution in [0.3, 0.4) is 0 Å². The Morgan fingerprint density at radius 1 is 1.35 bits per heavy atom. The van der Waals surface area contributed by atoms with Crippen LogP contribution in [0.25, 0.3) is 0 Å². The minimum atomic E-state index is 0.475. The lowest BCUT2D eigenvalue weighted by Crippen LogP contribution is -2.49. The standard InChI is InChI=1S/C18H33N5/c1-5-16(6-2)12-21-18(20-7-3)22-10-8-15(4)17(13-22)23-11-9-19-14-23/h9,11,14-17H,5-8,10,12-13H2,1-4H3,(H,20,21). The highest BCUT2D eigenvalue weighted by Gasteiger charge is 2.28. The summed E-state index contributed by atoms with van der Waals surface area (Å²) in [5, 5.41) is 3.49. The molecule has 0 saturated carbocycles. The molecule has 1 aromatic rings. The van der Waals surface area contributed by atoms with Crippen molar-refractivity contribution < 1.29 is 0 Å². The number of aromatic nitrogens is 2. The van der Waals surface area contributed by atoms with Gasteiger partial charge in [-0.1, -0.05) is 33.6 Å². The third kappa shape index (κ3) is 4.72. The topological polar surface area (TPSA) is 45.5 Å². The van der Waals surface area contributed by atoms with Crippen LogP contribution in [-0.2, 0) is 0 Å². The molecule has 0 bridgehead atoms. The summed E-state index contributed by atoms with van der Waals surface area (Å²) < 4.78 is 2.25. The molecule has 1 saturated heterocycles. The molecule has 0 aromatic carbocycles. The summed E-state index contributed by atoms with van der Waals surface area (Å²) in [6, 6.07) is 0.475. The fourth-order valence-corrected chi connectivity index (χ4v) is 3.28. The molecule has 1 aliphatic rings. The zero-order chi connectivity index (χ0) is 16.7. The minimum Gasteiger partial charge on any atom is -0.357 e. The van der Waals surface area contributed by atoms with Crippen LogP contribution in [0.5, 0.6) is 0 Å². The zero-order valence-electron chi connectivity index (χ0n) is 15.2. The monoisotopic (exact) mass is 319 g/mol. The first-order chi connectivity index (χ1) is 11.2. The van der Waals surface area contributed by atoms with Gasteiger partial charge in [-0.05, 0) is 25.2 Å². The number of nitrogens with zero attached hydrogens (tertiary/aromatic N) is 4. The number of hydrogen-bond donors (Lipinski definition) is 1. The van der Waals surface area contributed by atoms with Crippen molar-refractivity contribution in [2.24, 2.45) is 16.8 Å². The van der Waals surface area contributed by atoms with E-state index in [0.29, 0.717) is 17.9 Å². The van der Waals surface area contributed by atoms with E-state index in [1.165, 1.54) is 19.3 Å². The average Bonchev–Trinajstić information content (AvgIpc) is 3.09. The van der Waals surface area contributed by atoms with Crippen molar-refractivity contribution in [1.82, 2.24) is 19.8 Å². The Balaban J connectivity index is 2.07. The fourth-order valence-electron chi connectivity index (χ4n) is 3.28. The normalized spacial score (nSPS) is 22.7. The lowest BCUT2D eigenvalue weighted by atomic mass is 9.93. The molecular weight excluding hydrogens is 286 g/mol. The van der Waals surface area contributed by atoms with Crippen molar-refractivity contribution in [3.63, 3.8) is 0 Å². The Bertz CT molecular complexity index is 464. The fraction of sp³-hybridized carbons (Fsp3) is 0.778. The molecule has 1 aromatic heterocycles. The highest BCUT2D eigenvalue weighted by atomic mass is 15.3. The number of imidazole rings is 1. The summed E-state index contributed by atoms with van der Waals surface area (Å²) in [6.07, 6.45) is 9.50. The molecule has 1 fully saturated rings. The van der Waals surface area contributed by atoms with E-state index < -0.39 is 0 Å². The summed E-state index contributed by atoms with van der Waals surface area (Å²) in [6.45, 7) is 12.9. The molecule has 0 aliphatic carbocycles. The second kappa shape index (κ2) is 8.94. The van der Waals surface area contributed by atoms with Crippen LogP contribution in [-0.4, -0.2) is 46.6 Å². The maximum Gasteiger partial charge on any atom is 0.193 e. The van der Waals surface area contributed by atoms with Gasteiger partial charge in [-0.3, -0.25) is 4.99 Å². The van der Waals surface area contributed by atoms with Crippen molar-refractivity contribution in [3.05, 3.63) is 18.7 Å². The van der Waals surface area contributed by atoms with Crippen LogP contribution in [0, 0.1) is 11.8 Å². The largest absolute Gasteiger partial charge is 0.357 e. The molecule has 130 valence electrons. The van der Waals surface area contributed by atoms with E-state index in [0.717, 1.165) is 32.1 Å². The van der Waals surface area contributed by atoms with Crippen molar-refractivity contribution in [1.29, 1.82) is 0 Å². The highest BCUT2D eigenvalue weighted by Crippen LogP contribution is 2.27. The van der Waals surface area contributed by atoms with E-state index in [4.69, 9.17) is 4.99 Å². The SMILES string of the molecule is CCNC(=NCC(CC)CC)N1CCC(C)C(n2ccnc2)C1. The second-order valence-electron chi connectivity index (χ2n) is 6.67. The number of rotatable bonds is 6. The lowest BCUT2D eigenvalue weighted by molar-refractivity contribution is 0.188. The van der Waals surface area contributed by atoms with Gasteiger partial charge in [0.1, 0.15) is 0 Å². The maximum absolute atomic E-state index is 4.93. The third-order valence-corrected chi connectivity index (χ3v) is 5.11. The number of guanidine groups is 1. The van der Waals surface area contributed by atoms with E-state index in [9.17, 15) is 0 Å². The highest BCUT2D eigenvalue weighted by molar-refractivity contribution is 5.80. The summed E-state index contributed by atoms with van der Waals surface area (Å²) in [4.78, 5) is 11.6. The minimum absolute atomic E-state index is 0.475. The summed E-state index contributed by atoms with van der Waals surface area (Å²) in [5.41, 5.74) is 0. The van der Waals surface area contributed by atoms with Crippen molar-refractivity contribution in [3.8, 4) is 0 Å². The first-order valence-corrected chi connectivity index (χ1v) is 9.20. The molecule has 2 heterocycles. The van der Waals surface area contributed by atoms with E-state index >= 15 is 0 Å². The van der Waals surface area contributed by atoms with Crippen molar-refractivity contribution in [2.45, 2.75) is 53.0 Å². The molecule has 2 rings (SSSR count). The van der Waals surface area contributed by atoms with Crippen molar-refractivity contribution in [2.75, 3.05) is 26.2 Å². The van der Waals surface area contributed by atoms with E-state index in [1.807, 2.05) is 12.5 Å².